The van der Waals surface area contributed by atoms with Crippen LogP contribution in [0.2, 0.25) is 0 Å². The number of alkyl halides is 8. The number of hydrogen-bond acceptors (Lipinski definition) is 3. The molecule has 0 amide bonds. The van der Waals surface area contributed by atoms with Crippen LogP contribution in [0.15, 0.2) is 0 Å². The van der Waals surface area contributed by atoms with Crippen LogP contribution in [0, 0.1) is 0 Å². The number of methoxy groups -OCH3 is 2. The van der Waals surface area contributed by atoms with E-state index in [0.29, 0.717) is 20.3 Å². The van der Waals surface area contributed by atoms with E-state index in [1.165, 1.54) is 0 Å². The van der Waals surface area contributed by atoms with Gasteiger partial charge in [0, 0.05) is 14.2 Å². The van der Waals surface area contributed by atoms with Gasteiger partial charge in [0.2, 0.25) is 6.36 Å². The molecule has 0 rings (SSSR count). The van der Waals surface area contributed by atoms with E-state index in [1.54, 1.807) is 7.11 Å². The summed E-state index contributed by atoms with van der Waals surface area (Å²) in [5.41, 5.74) is -5.28. The lowest BCUT2D eigenvalue weighted by Gasteiger charge is -2.28. The van der Waals surface area contributed by atoms with Crippen LogP contribution in [0.4, 0.5) is 35.1 Å². The topological polar surface area (TPSA) is 27.7 Å². The summed E-state index contributed by atoms with van der Waals surface area (Å²) in [5.74, 6) is 0. The lowest BCUT2D eigenvalue weighted by atomic mass is 10.1. The van der Waals surface area contributed by atoms with E-state index in [4.69, 9.17) is 4.74 Å². The minimum atomic E-state index is -6.02. The van der Waals surface area contributed by atoms with Gasteiger partial charge in [0.1, 0.15) is 6.67 Å². The highest BCUT2D eigenvalue weighted by molar-refractivity contribution is 4.93. The van der Waals surface area contributed by atoms with Crippen LogP contribution < -0.4 is 0 Å². The van der Waals surface area contributed by atoms with Crippen molar-refractivity contribution in [3.63, 3.8) is 0 Å². The maximum Gasteiger partial charge on any atom is 0.433 e. The first-order valence-corrected chi connectivity index (χ1v) is 5.42. The van der Waals surface area contributed by atoms with Crippen molar-refractivity contribution in [1.29, 1.82) is 0 Å². The van der Waals surface area contributed by atoms with Crippen molar-refractivity contribution in [2.45, 2.75) is 24.6 Å². The molecule has 0 aliphatic heterocycles. The van der Waals surface area contributed by atoms with Crippen molar-refractivity contribution in [3.8, 4) is 0 Å². The van der Waals surface area contributed by atoms with Crippen molar-refractivity contribution >= 4 is 0 Å². The Morgan fingerprint density at radius 2 is 1.43 bits per heavy atom. The molecule has 0 aliphatic carbocycles. The Morgan fingerprint density at radius 1 is 0.905 bits per heavy atom. The molecule has 0 saturated heterocycles. The Labute approximate surface area is 116 Å². The summed E-state index contributed by atoms with van der Waals surface area (Å²) < 4.78 is 107. The molecule has 0 aromatic heterocycles. The lowest BCUT2D eigenvalue weighted by Crippen LogP contribution is -2.55. The van der Waals surface area contributed by atoms with Crippen LogP contribution in [-0.4, -0.2) is 65.3 Å². The third kappa shape index (κ3) is 7.77. The minimum Gasteiger partial charge on any atom is -0.382 e. The fourth-order valence-corrected chi connectivity index (χ4v) is 0.822. The Bertz CT molecular complexity index is 245. The van der Waals surface area contributed by atoms with Crippen molar-refractivity contribution in [1.82, 2.24) is 0 Å². The molecule has 11 heteroatoms. The average molecular weight is 336 g/mol. The van der Waals surface area contributed by atoms with Gasteiger partial charge in [0.15, 0.2) is 0 Å². The zero-order valence-corrected chi connectivity index (χ0v) is 11.2. The molecule has 0 heterocycles. The van der Waals surface area contributed by atoms with Gasteiger partial charge < -0.3 is 14.2 Å². The number of hydrogen-bond donors (Lipinski definition) is 0. The first-order chi connectivity index (χ1) is 9.59. The van der Waals surface area contributed by atoms with Crippen LogP contribution in [0.3, 0.4) is 0 Å². The molecule has 0 radical (unpaired) electrons. The Kier molecular flexibility index (Phi) is 11.8. The molecule has 2 unspecified atom stereocenters. The smallest absolute Gasteiger partial charge is 0.382 e. The Morgan fingerprint density at radius 3 is 1.67 bits per heavy atom. The maximum absolute atomic E-state index is 12.4. The van der Waals surface area contributed by atoms with Gasteiger partial charge >= 0.3 is 11.8 Å². The molecule has 0 aromatic rings. The second kappa shape index (κ2) is 11.0. The number of ether oxygens (including phenoxy) is 3. The molecule has 0 spiro atoms. The first kappa shape index (κ1) is 22.6. The summed E-state index contributed by atoms with van der Waals surface area (Å²) in [6.07, 6.45) is -14.3. The summed E-state index contributed by atoms with van der Waals surface area (Å²) >= 11 is 0. The fraction of sp³-hybridized carbons (Fsp3) is 1.00. The van der Waals surface area contributed by atoms with E-state index in [1.807, 2.05) is 0 Å². The highest BCUT2D eigenvalue weighted by Gasteiger charge is 2.68. The van der Waals surface area contributed by atoms with Crippen LogP contribution in [0.1, 0.15) is 0 Å². The largest absolute Gasteiger partial charge is 0.433 e. The van der Waals surface area contributed by atoms with Crippen molar-refractivity contribution in [2.75, 3.05) is 40.7 Å². The normalized spacial score (nSPS) is 16.1. The third-order valence-electron chi connectivity index (χ3n) is 1.94. The second-order valence-corrected chi connectivity index (χ2v) is 3.41. The van der Waals surface area contributed by atoms with E-state index in [2.05, 4.69) is 9.47 Å². The van der Waals surface area contributed by atoms with Crippen molar-refractivity contribution in [2.24, 2.45) is 0 Å². The molecule has 0 saturated carbocycles. The molecule has 21 heavy (non-hydrogen) atoms. The fourth-order valence-electron chi connectivity index (χ4n) is 0.822. The molecule has 0 N–H and O–H groups in total. The predicted molar refractivity (Wildman–Crippen MR) is 56.5 cm³/mol. The zero-order valence-electron chi connectivity index (χ0n) is 11.2. The summed E-state index contributed by atoms with van der Waals surface area (Å²) in [7, 11) is 1.94. The summed E-state index contributed by atoms with van der Waals surface area (Å²) in [6, 6.07) is 0. The molecule has 2 atom stereocenters. The molecule has 0 aliphatic rings. The van der Waals surface area contributed by atoms with E-state index >= 15 is 0 Å². The molecule has 3 nitrogen and oxygen atoms in total. The summed E-state index contributed by atoms with van der Waals surface area (Å²) in [6.45, 7) is 0.799. The quantitative estimate of drug-likeness (QED) is 0.504. The SMILES string of the molecule is COC(F)C(F)(C(F)F)C(F)(F)F.COCCOCCF. The van der Waals surface area contributed by atoms with E-state index in [9.17, 15) is 35.1 Å². The minimum absolute atomic E-state index is 0.184. The Balaban J connectivity index is 0. The summed E-state index contributed by atoms with van der Waals surface area (Å²) in [5, 5.41) is 0. The third-order valence-corrected chi connectivity index (χ3v) is 1.94. The van der Waals surface area contributed by atoms with Crippen LogP contribution >= 0.6 is 0 Å². The van der Waals surface area contributed by atoms with Gasteiger partial charge in [-0.05, 0) is 0 Å². The van der Waals surface area contributed by atoms with Gasteiger partial charge in [-0.1, -0.05) is 0 Å². The van der Waals surface area contributed by atoms with Gasteiger partial charge in [0.05, 0.1) is 19.8 Å². The van der Waals surface area contributed by atoms with E-state index in [-0.39, 0.29) is 6.61 Å². The number of rotatable bonds is 8. The maximum atomic E-state index is 12.4. The molecular weight excluding hydrogens is 320 g/mol. The molecular formula is C10H16F8O3. The van der Waals surface area contributed by atoms with E-state index in [0.717, 1.165) is 0 Å². The highest BCUT2D eigenvalue weighted by atomic mass is 19.4. The van der Waals surface area contributed by atoms with Crippen molar-refractivity contribution < 1.29 is 49.3 Å². The van der Waals surface area contributed by atoms with Crippen LogP contribution in [-0.2, 0) is 14.2 Å². The van der Waals surface area contributed by atoms with Gasteiger partial charge in [0.25, 0.3) is 6.43 Å². The molecule has 0 aromatic carbocycles. The molecule has 0 fully saturated rings. The standard InChI is InChI=1S/C5H5F7O.C5H11FO2/c1-13-3(8)4(9,2(6)7)5(10,11)12;1-7-4-5-8-3-2-6/h2-3H,1H3;2-5H2,1H3. The predicted octanol–water partition coefficient (Wildman–Crippen LogP) is 3.08. The van der Waals surface area contributed by atoms with Gasteiger partial charge in [-0.2, -0.15) is 13.2 Å². The Hall–Kier alpha value is -0.680. The highest BCUT2D eigenvalue weighted by Crippen LogP contribution is 2.42. The summed E-state index contributed by atoms with van der Waals surface area (Å²) in [4.78, 5) is 0. The lowest BCUT2D eigenvalue weighted by molar-refractivity contribution is -0.320. The molecule has 130 valence electrons. The van der Waals surface area contributed by atoms with Gasteiger partial charge in [-0.25, -0.2) is 22.0 Å². The zero-order chi connectivity index (χ0) is 17.1. The van der Waals surface area contributed by atoms with Crippen LogP contribution in [0.25, 0.3) is 0 Å². The van der Waals surface area contributed by atoms with Gasteiger partial charge in [-0.3, -0.25) is 0 Å². The van der Waals surface area contributed by atoms with Crippen LogP contribution in [0.5, 0.6) is 0 Å². The average Bonchev–Trinajstić information content (AvgIpc) is 2.41. The number of halogens is 8. The second-order valence-electron chi connectivity index (χ2n) is 3.41. The molecule has 0 bridgehead atoms. The van der Waals surface area contributed by atoms with Crippen molar-refractivity contribution in [3.05, 3.63) is 0 Å². The van der Waals surface area contributed by atoms with E-state index < -0.39 is 31.3 Å². The monoisotopic (exact) mass is 336 g/mol. The van der Waals surface area contributed by atoms with Gasteiger partial charge in [-0.15, -0.1) is 0 Å². The first-order valence-electron chi connectivity index (χ1n) is 5.42.